The fraction of sp³-hybridized carbons (Fsp3) is 0.250. The van der Waals surface area contributed by atoms with Crippen LogP contribution in [0.1, 0.15) is 29.7 Å². The minimum atomic E-state index is -4.52. The Morgan fingerprint density at radius 1 is 1.16 bits per heavy atom. The minimum Gasteiger partial charge on any atom is -0.212 e. The van der Waals surface area contributed by atoms with E-state index in [0.29, 0.717) is 4.47 Å². The van der Waals surface area contributed by atoms with E-state index in [2.05, 4.69) is 20.7 Å². The summed E-state index contributed by atoms with van der Waals surface area (Å²) in [5, 5.41) is 0. The Labute approximate surface area is 151 Å². The first-order chi connectivity index (χ1) is 11.5. The number of sulfonamides is 1. The van der Waals surface area contributed by atoms with Crippen molar-refractivity contribution in [2.45, 2.75) is 24.9 Å². The summed E-state index contributed by atoms with van der Waals surface area (Å²) < 4.78 is 79.1. The topological polar surface area (TPSA) is 46.2 Å². The number of benzene rings is 2. The summed E-state index contributed by atoms with van der Waals surface area (Å²) >= 11 is 3.07. The molecule has 9 heteroatoms. The first-order valence-electron chi connectivity index (χ1n) is 7.09. The lowest BCUT2D eigenvalue weighted by Gasteiger charge is -2.16. The van der Waals surface area contributed by atoms with E-state index in [1.54, 1.807) is 0 Å². The second kappa shape index (κ2) is 7.43. The molecule has 3 nitrogen and oxygen atoms in total. The molecule has 0 saturated carbocycles. The molecular weight excluding hydrogens is 426 g/mol. The van der Waals surface area contributed by atoms with Crippen molar-refractivity contribution >= 4 is 26.0 Å². The number of nitrogens with one attached hydrogen (secondary N) is 1. The highest BCUT2D eigenvalue weighted by Gasteiger charge is 2.31. The van der Waals surface area contributed by atoms with Crippen molar-refractivity contribution in [2.24, 2.45) is 0 Å². The summed E-state index contributed by atoms with van der Waals surface area (Å²) in [5.41, 5.74) is -0.739. The normalized spacial score (nSPS) is 13.7. The number of hydrogen-bond donors (Lipinski definition) is 1. The van der Waals surface area contributed by atoms with Gasteiger partial charge in [0, 0.05) is 16.1 Å². The molecule has 0 radical (unpaired) electrons. The predicted molar refractivity (Wildman–Crippen MR) is 89.7 cm³/mol. The maximum atomic E-state index is 13.8. The standard InChI is InChI=1S/C16H14BrF4NO2S/c1-10(11-3-2-4-13(7-11)16(19,20)21)22-25(23,24)9-12-5-6-14(17)8-15(12)18/h2-8,10,22H,9H2,1H3/t10-/m0/s1. The molecule has 2 aromatic rings. The van der Waals surface area contributed by atoms with Gasteiger partial charge in [0.15, 0.2) is 0 Å². The van der Waals surface area contributed by atoms with Crippen LogP contribution < -0.4 is 4.72 Å². The van der Waals surface area contributed by atoms with Crippen LogP contribution in [-0.4, -0.2) is 8.42 Å². The Morgan fingerprint density at radius 2 is 1.84 bits per heavy atom. The summed E-state index contributed by atoms with van der Waals surface area (Å²) in [4.78, 5) is 0. The third-order valence-electron chi connectivity index (χ3n) is 3.43. The lowest BCUT2D eigenvalue weighted by Crippen LogP contribution is -2.28. The van der Waals surface area contributed by atoms with Crippen LogP contribution in [0.15, 0.2) is 46.9 Å². The Morgan fingerprint density at radius 3 is 2.44 bits per heavy atom. The Hall–Kier alpha value is -1.45. The summed E-state index contributed by atoms with van der Waals surface area (Å²) in [6, 6.07) is 7.46. The molecule has 0 aliphatic carbocycles. The fourth-order valence-corrected chi connectivity index (χ4v) is 3.94. The van der Waals surface area contributed by atoms with Crippen molar-refractivity contribution in [2.75, 3.05) is 0 Å². The summed E-state index contributed by atoms with van der Waals surface area (Å²) in [6.07, 6.45) is -4.52. The van der Waals surface area contributed by atoms with Gasteiger partial charge in [-0.1, -0.05) is 34.1 Å². The molecule has 0 fully saturated rings. The maximum absolute atomic E-state index is 13.8. The van der Waals surface area contributed by atoms with E-state index in [9.17, 15) is 26.0 Å². The molecule has 0 spiro atoms. The average molecular weight is 440 g/mol. The minimum absolute atomic E-state index is 0.0352. The molecule has 1 N–H and O–H groups in total. The van der Waals surface area contributed by atoms with Crippen LogP contribution in [-0.2, 0) is 22.0 Å². The Kier molecular flexibility index (Phi) is 5.90. The molecule has 0 heterocycles. The van der Waals surface area contributed by atoms with Crippen LogP contribution in [0.4, 0.5) is 17.6 Å². The molecule has 0 aliphatic heterocycles. The Balaban J connectivity index is 2.17. The van der Waals surface area contributed by atoms with Gasteiger partial charge in [0.2, 0.25) is 10.0 Å². The van der Waals surface area contributed by atoms with Crippen LogP contribution in [0.5, 0.6) is 0 Å². The van der Waals surface area contributed by atoms with Gasteiger partial charge in [0.1, 0.15) is 5.82 Å². The van der Waals surface area contributed by atoms with Crippen molar-refractivity contribution in [3.8, 4) is 0 Å². The number of hydrogen-bond acceptors (Lipinski definition) is 2. The summed E-state index contributed by atoms with van der Waals surface area (Å²) in [5.74, 6) is -1.30. The zero-order valence-corrected chi connectivity index (χ0v) is 15.3. The highest BCUT2D eigenvalue weighted by molar-refractivity contribution is 9.10. The van der Waals surface area contributed by atoms with E-state index < -0.39 is 39.4 Å². The fourth-order valence-electron chi connectivity index (χ4n) is 2.21. The SMILES string of the molecule is C[C@H](NS(=O)(=O)Cc1ccc(Br)cc1F)c1cccc(C(F)(F)F)c1. The van der Waals surface area contributed by atoms with E-state index in [4.69, 9.17) is 0 Å². The van der Waals surface area contributed by atoms with Crippen molar-refractivity contribution in [3.05, 3.63) is 69.4 Å². The molecule has 0 amide bonds. The first-order valence-corrected chi connectivity index (χ1v) is 9.53. The van der Waals surface area contributed by atoms with E-state index in [-0.39, 0.29) is 11.1 Å². The van der Waals surface area contributed by atoms with Gasteiger partial charge >= 0.3 is 6.18 Å². The van der Waals surface area contributed by atoms with E-state index in [1.165, 1.54) is 31.2 Å². The molecule has 0 aliphatic rings. The van der Waals surface area contributed by atoms with Gasteiger partial charge in [-0.2, -0.15) is 13.2 Å². The highest BCUT2D eigenvalue weighted by atomic mass is 79.9. The molecule has 0 unspecified atom stereocenters. The number of halogens is 5. The molecule has 0 aromatic heterocycles. The third kappa shape index (κ3) is 5.52. The smallest absolute Gasteiger partial charge is 0.212 e. The zero-order chi connectivity index (χ0) is 18.8. The molecule has 25 heavy (non-hydrogen) atoms. The molecule has 2 rings (SSSR count). The average Bonchev–Trinajstić information content (AvgIpc) is 2.49. The van der Waals surface area contributed by atoms with Crippen LogP contribution >= 0.6 is 15.9 Å². The summed E-state index contributed by atoms with van der Waals surface area (Å²) in [6.45, 7) is 1.42. The molecule has 0 saturated heterocycles. The highest BCUT2D eigenvalue weighted by Crippen LogP contribution is 2.31. The second-order valence-electron chi connectivity index (χ2n) is 5.46. The quantitative estimate of drug-likeness (QED) is 0.680. The van der Waals surface area contributed by atoms with Crippen LogP contribution in [0.3, 0.4) is 0 Å². The summed E-state index contributed by atoms with van der Waals surface area (Å²) in [7, 11) is -3.95. The van der Waals surface area contributed by atoms with Crippen LogP contribution in [0.25, 0.3) is 0 Å². The van der Waals surface area contributed by atoms with Gasteiger partial charge in [0.05, 0.1) is 11.3 Å². The largest absolute Gasteiger partial charge is 0.416 e. The van der Waals surface area contributed by atoms with E-state index in [1.807, 2.05) is 0 Å². The van der Waals surface area contributed by atoms with E-state index in [0.717, 1.165) is 18.2 Å². The van der Waals surface area contributed by atoms with Gasteiger partial charge in [-0.05, 0) is 36.8 Å². The van der Waals surface area contributed by atoms with Crippen LogP contribution in [0.2, 0.25) is 0 Å². The molecule has 1 atom stereocenters. The van der Waals surface area contributed by atoms with Gasteiger partial charge in [-0.3, -0.25) is 0 Å². The van der Waals surface area contributed by atoms with Gasteiger partial charge in [-0.15, -0.1) is 0 Å². The van der Waals surface area contributed by atoms with Crippen LogP contribution in [0, 0.1) is 5.82 Å². The number of rotatable bonds is 5. The van der Waals surface area contributed by atoms with Gasteiger partial charge in [-0.25, -0.2) is 17.5 Å². The van der Waals surface area contributed by atoms with Crippen molar-refractivity contribution in [1.82, 2.24) is 4.72 Å². The van der Waals surface area contributed by atoms with Crippen molar-refractivity contribution < 1.29 is 26.0 Å². The lowest BCUT2D eigenvalue weighted by molar-refractivity contribution is -0.137. The number of alkyl halides is 3. The predicted octanol–water partition coefficient (Wildman–Crippen LogP) is 4.79. The molecule has 136 valence electrons. The van der Waals surface area contributed by atoms with Crippen molar-refractivity contribution in [1.29, 1.82) is 0 Å². The second-order valence-corrected chi connectivity index (χ2v) is 8.13. The molecular formula is C16H14BrF4NO2S. The Bertz CT molecular complexity index is 869. The van der Waals surface area contributed by atoms with Crippen molar-refractivity contribution in [3.63, 3.8) is 0 Å². The van der Waals surface area contributed by atoms with Gasteiger partial charge < -0.3 is 0 Å². The van der Waals surface area contributed by atoms with E-state index >= 15 is 0 Å². The van der Waals surface area contributed by atoms with Gasteiger partial charge in [0.25, 0.3) is 0 Å². The third-order valence-corrected chi connectivity index (χ3v) is 5.33. The molecule has 0 bridgehead atoms. The lowest BCUT2D eigenvalue weighted by atomic mass is 10.1. The molecule has 2 aromatic carbocycles. The monoisotopic (exact) mass is 439 g/mol. The maximum Gasteiger partial charge on any atom is 0.416 e. The zero-order valence-electron chi connectivity index (χ0n) is 12.9. The first kappa shape index (κ1) is 19.9.